The summed E-state index contributed by atoms with van der Waals surface area (Å²) >= 11 is 1.40. The number of hydrogen-bond donors (Lipinski definition) is 1. The molecular formula is C24H32FN7O2S. The molecule has 0 saturated carbocycles. The van der Waals surface area contributed by atoms with Gasteiger partial charge in [0.1, 0.15) is 11.9 Å². The largest absolute Gasteiger partial charge is 0.369 e. The Morgan fingerprint density at radius 2 is 1.80 bits per heavy atom. The van der Waals surface area contributed by atoms with Crippen LogP contribution in [-0.4, -0.2) is 85.3 Å². The lowest BCUT2D eigenvalue weighted by molar-refractivity contribution is -0.122. The Morgan fingerprint density at radius 3 is 2.54 bits per heavy atom. The van der Waals surface area contributed by atoms with E-state index in [1.807, 2.05) is 17.0 Å². The van der Waals surface area contributed by atoms with Crippen LogP contribution in [0.1, 0.15) is 32.1 Å². The van der Waals surface area contributed by atoms with Crippen LogP contribution < -0.4 is 20.0 Å². The van der Waals surface area contributed by atoms with Crippen LogP contribution in [-0.2, 0) is 9.59 Å². The van der Waals surface area contributed by atoms with Gasteiger partial charge in [0.2, 0.25) is 22.1 Å². The van der Waals surface area contributed by atoms with Crippen LogP contribution in [0.5, 0.6) is 0 Å². The summed E-state index contributed by atoms with van der Waals surface area (Å²) in [4.78, 5) is 33.3. The molecule has 35 heavy (non-hydrogen) atoms. The van der Waals surface area contributed by atoms with E-state index in [-0.39, 0.29) is 23.7 Å². The number of amides is 2. The zero-order valence-corrected chi connectivity index (χ0v) is 20.7. The highest BCUT2D eigenvalue weighted by Gasteiger charge is 2.34. The second-order valence-electron chi connectivity index (χ2n) is 9.32. The molecule has 2 amide bonds. The van der Waals surface area contributed by atoms with Gasteiger partial charge in [-0.25, -0.2) is 4.39 Å². The lowest BCUT2D eigenvalue weighted by atomic mass is 10.2. The van der Waals surface area contributed by atoms with Crippen molar-refractivity contribution < 1.29 is 14.0 Å². The number of halogens is 1. The van der Waals surface area contributed by atoms with Crippen LogP contribution in [0.3, 0.4) is 0 Å². The molecule has 0 radical (unpaired) electrons. The van der Waals surface area contributed by atoms with Gasteiger partial charge < -0.3 is 15.1 Å². The predicted octanol–water partition coefficient (Wildman–Crippen LogP) is 2.10. The monoisotopic (exact) mass is 501 g/mol. The third kappa shape index (κ3) is 5.56. The summed E-state index contributed by atoms with van der Waals surface area (Å²) in [6.07, 6.45) is 4.05. The summed E-state index contributed by atoms with van der Waals surface area (Å²) in [6, 6.07) is 6.45. The molecule has 0 aliphatic carbocycles. The van der Waals surface area contributed by atoms with Gasteiger partial charge in [-0.2, -0.15) is 0 Å². The molecule has 9 nitrogen and oxygen atoms in total. The number of benzene rings is 1. The molecule has 1 aromatic carbocycles. The summed E-state index contributed by atoms with van der Waals surface area (Å²) in [5.41, 5.74) is 1.06. The molecule has 1 aromatic heterocycles. The molecule has 11 heteroatoms. The lowest BCUT2D eigenvalue weighted by Gasteiger charge is -2.36. The van der Waals surface area contributed by atoms with Gasteiger partial charge in [0.05, 0.1) is 0 Å². The Hall–Kier alpha value is -2.79. The van der Waals surface area contributed by atoms with Gasteiger partial charge >= 0.3 is 0 Å². The number of nitrogens with zero attached hydrogens (tertiary/aromatic N) is 6. The number of rotatable bonds is 8. The summed E-state index contributed by atoms with van der Waals surface area (Å²) in [6.45, 7) is 6.81. The van der Waals surface area contributed by atoms with Crippen molar-refractivity contribution in [3.05, 3.63) is 30.1 Å². The maximum atomic E-state index is 13.1. The highest BCUT2D eigenvalue weighted by atomic mass is 32.1. The van der Waals surface area contributed by atoms with E-state index >= 15 is 0 Å². The Bertz CT molecular complexity index is 1030. The van der Waals surface area contributed by atoms with Crippen molar-refractivity contribution in [3.8, 4) is 0 Å². The van der Waals surface area contributed by atoms with E-state index < -0.39 is 0 Å². The van der Waals surface area contributed by atoms with Gasteiger partial charge in [-0.1, -0.05) is 11.3 Å². The summed E-state index contributed by atoms with van der Waals surface area (Å²) in [5, 5.41) is 13.0. The third-order valence-corrected chi connectivity index (χ3v) is 8.01. The van der Waals surface area contributed by atoms with Gasteiger partial charge in [-0.15, -0.1) is 10.2 Å². The second kappa shape index (κ2) is 10.9. The van der Waals surface area contributed by atoms with Gasteiger partial charge in [0, 0.05) is 57.9 Å². The van der Waals surface area contributed by atoms with Crippen molar-refractivity contribution in [2.24, 2.45) is 0 Å². The minimum Gasteiger partial charge on any atom is -0.369 e. The predicted molar refractivity (Wildman–Crippen MR) is 135 cm³/mol. The Balaban J connectivity index is 1.04. The summed E-state index contributed by atoms with van der Waals surface area (Å²) in [5.74, 6) is -0.0697. The average Bonchev–Trinajstić information content (AvgIpc) is 3.63. The number of piperazine rings is 1. The van der Waals surface area contributed by atoms with Crippen molar-refractivity contribution >= 4 is 39.1 Å². The van der Waals surface area contributed by atoms with Crippen LogP contribution in [0.25, 0.3) is 0 Å². The first-order chi connectivity index (χ1) is 17.1. The van der Waals surface area contributed by atoms with Crippen LogP contribution in [0.4, 0.5) is 20.3 Å². The van der Waals surface area contributed by atoms with E-state index in [0.717, 1.165) is 75.8 Å². The normalized spacial score (nSPS) is 21.2. The topological polar surface area (TPSA) is 84.9 Å². The Morgan fingerprint density at radius 1 is 1.03 bits per heavy atom. The van der Waals surface area contributed by atoms with Gasteiger partial charge in [-0.3, -0.25) is 19.4 Å². The number of hydrogen-bond acceptors (Lipinski definition) is 8. The van der Waals surface area contributed by atoms with E-state index in [1.54, 1.807) is 4.90 Å². The first-order valence-corrected chi connectivity index (χ1v) is 13.3. The fraction of sp³-hybridized carbons (Fsp3) is 0.583. The molecule has 0 unspecified atom stereocenters. The van der Waals surface area contributed by atoms with Crippen molar-refractivity contribution in [1.82, 2.24) is 20.4 Å². The van der Waals surface area contributed by atoms with Gasteiger partial charge in [0.25, 0.3) is 0 Å². The average molecular weight is 502 g/mol. The highest BCUT2D eigenvalue weighted by Crippen LogP contribution is 2.33. The zero-order chi connectivity index (χ0) is 24.2. The molecule has 3 fully saturated rings. The number of nitrogens with one attached hydrogen (secondary N) is 1. The van der Waals surface area contributed by atoms with Gasteiger partial charge in [-0.05, 0) is 56.5 Å². The zero-order valence-electron chi connectivity index (χ0n) is 19.9. The molecule has 3 saturated heterocycles. The summed E-state index contributed by atoms with van der Waals surface area (Å²) < 4.78 is 13.1. The maximum Gasteiger partial charge on any atom is 0.242 e. The summed E-state index contributed by atoms with van der Waals surface area (Å²) in [7, 11) is 0. The van der Waals surface area contributed by atoms with Crippen LogP contribution in [0.15, 0.2) is 24.3 Å². The van der Waals surface area contributed by atoms with Crippen molar-refractivity contribution in [1.29, 1.82) is 0 Å². The van der Waals surface area contributed by atoms with Crippen molar-refractivity contribution in [3.63, 3.8) is 0 Å². The third-order valence-electron chi connectivity index (χ3n) is 7.02. The minimum atomic E-state index is -0.232. The molecule has 0 spiro atoms. The molecule has 3 aliphatic rings. The Labute approximate surface area is 208 Å². The highest BCUT2D eigenvalue weighted by molar-refractivity contribution is 7.19. The number of carbonyl (C=O) groups excluding carboxylic acids is 2. The number of carbonyl (C=O) groups is 2. The quantitative estimate of drug-likeness (QED) is 0.555. The molecule has 4 heterocycles. The fourth-order valence-electron chi connectivity index (χ4n) is 5.07. The van der Waals surface area contributed by atoms with E-state index in [1.165, 1.54) is 23.5 Å². The molecule has 5 rings (SSSR count). The number of aromatic nitrogens is 2. The first kappa shape index (κ1) is 23.9. The molecular weight excluding hydrogens is 469 g/mol. The second-order valence-corrected chi connectivity index (χ2v) is 10.3. The van der Waals surface area contributed by atoms with E-state index in [2.05, 4.69) is 25.3 Å². The van der Waals surface area contributed by atoms with Crippen LogP contribution >= 0.6 is 11.3 Å². The minimum absolute atomic E-state index is 0.0395. The molecule has 1 N–H and O–H groups in total. The standard InChI is InChI=1S/C24H32FN7O2S/c25-18-6-8-19(9-7-18)30-16-14-29(15-17-30)11-3-10-26-22(34)20-4-1-12-31(20)23-27-28-24(35-23)32-13-2-5-21(32)33/h6-9,20H,1-5,10-17H2,(H,26,34)/t20-/m1/s1. The van der Waals surface area contributed by atoms with E-state index in [4.69, 9.17) is 0 Å². The SMILES string of the molecule is O=C(NCCCN1CCN(c2ccc(F)cc2)CC1)[C@H]1CCCN1c1nnc(N2CCCC2=O)s1. The molecule has 3 aliphatic heterocycles. The maximum absolute atomic E-state index is 13.1. The van der Waals surface area contributed by atoms with E-state index in [9.17, 15) is 14.0 Å². The smallest absolute Gasteiger partial charge is 0.242 e. The molecule has 1 atom stereocenters. The van der Waals surface area contributed by atoms with Crippen LogP contribution in [0, 0.1) is 5.82 Å². The van der Waals surface area contributed by atoms with E-state index in [0.29, 0.717) is 24.6 Å². The van der Waals surface area contributed by atoms with Crippen molar-refractivity contribution in [2.75, 3.05) is 67.1 Å². The van der Waals surface area contributed by atoms with Gasteiger partial charge in [0.15, 0.2) is 0 Å². The fourth-order valence-corrected chi connectivity index (χ4v) is 6.03. The first-order valence-electron chi connectivity index (χ1n) is 12.5. The lowest BCUT2D eigenvalue weighted by Crippen LogP contribution is -2.47. The molecule has 0 bridgehead atoms. The Kier molecular flexibility index (Phi) is 7.43. The molecule has 2 aromatic rings. The molecule has 188 valence electrons. The van der Waals surface area contributed by atoms with Crippen molar-refractivity contribution in [2.45, 2.75) is 38.1 Å². The van der Waals surface area contributed by atoms with Crippen LogP contribution in [0.2, 0.25) is 0 Å². The number of anilines is 3.